The molecule has 0 aliphatic carbocycles. The number of aromatic nitrogens is 1. The highest BCUT2D eigenvalue weighted by atomic mass is 32.2. The number of thiazole rings is 1. The van der Waals surface area contributed by atoms with Gasteiger partial charge in [0.15, 0.2) is 9.84 Å². The molecule has 1 atom stereocenters. The maximum Gasteiger partial charge on any atom is 0.241 e. The Labute approximate surface area is 170 Å². The number of hydrogen-bond donors (Lipinski definition) is 1. The first-order valence-corrected chi connectivity index (χ1v) is 12.3. The Morgan fingerprint density at radius 2 is 1.93 bits per heavy atom. The molecule has 1 aromatic heterocycles. The third-order valence-electron chi connectivity index (χ3n) is 4.89. The second-order valence-electron chi connectivity index (χ2n) is 7.13. The number of unbranched alkanes of at least 4 members (excludes halogenated alkanes) is 1. The van der Waals surface area contributed by atoms with E-state index in [0.717, 1.165) is 35.5 Å². The standard InChI is InChI=1S/C20H27N3O3S2/c1-16-15-27-18(22-16)9-5-6-10-21-20(24)19(17-7-3-2-4-8-17)23-11-13-28(25,26)14-12-23/h2-4,7-8,15,19H,5-6,9-14H2,1H3,(H,21,24). The first-order valence-electron chi connectivity index (χ1n) is 9.63. The van der Waals surface area contributed by atoms with Crippen molar-refractivity contribution in [1.82, 2.24) is 15.2 Å². The Bertz CT molecular complexity index is 867. The zero-order valence-corrected chi connectivity index (χ0v) is 17.8. The topological polar surface area (TPSA) is 79.4 Å². The lowest BCUT2D eigenvalue weighted by atomic mass is 10.0. The molecule has 28 heavy (non-hydrogen) atoms. The molecular weight excluding hydrogens is 394 g/mol. The number of benzene rings is 1. The van der Waals surface area contributed by atoms with Crippen LogP contribution in [0.3, 0.4) is 0 Å². The van der Waals surface area contributed by atoms with E-state index in [0.29, 0.717) is 19.6 Å². The van der Waals surface area contributed by atoms with Gasteiger partial charge in [-0.05, 0) is 31.7 Å². The molecule has 1 saturated heterocycles. The average Bonchev–Trinajstić information content (AvgIpc) is 3.09. The number of nitrogens with zero attached hydrogens (tertiary/aromatic N) is 2. The van der Waals surface area contributed by atoms with Gasteiger partial charge in [0.05, 0.1) is 16.5 Å². The molecule has 2 aromatic rings. The molecule has 2 heterocycles. The zero-order valence-electron chi connectivity index (χ0n) is 16.1. The fraction of sp³-hybridized carbons (Fsp3) is 0.500. The molecule has 1 amide bonds. The lowest BCUT2D eigenvalue weighted by Crippen LogP contribution is -2.47. The van der Waals surface area contributed by atoms with Crippen molar-refractivity contribution < 1.29 is 13.2 Å². The molecule has 0 saturated carbocycles. The highest BCUT2D eigenvalue weighted by Crippen LogP contribution is 2.23. The van der Waals surface area contributed by atoms with Crippen molar-refractivity contribution in [2.75, 3.05) is 31.1 Å². The van der Waals surface area contributed by atoms with E-state index >= 15 is 0 Å². The third-order valence-corrected chi connectivity index (χ3v) is 7.53. The van der Waals surface area contributed by atoms with E-state index in [2.05, 4.69) is 15.7 Å². The van der Waals surface area contributed by atoms with Gasteiger partial charge in [-0.25, -0.2) is 13.4 Å². The Hall–Kier alpha value is -1.77. The summed E-state index contributed by atoms with van der Waals surface area (Å²) in [4.78, 5) is 19.4. The zero-order chi connectivity index (χ0) is 20.0. The summed E-state index contributed by atoms with van der Waals surface area (Å²) in [6.45, 7) is 3.38. The van der Waals surface area contributed by atoms with E-state index < -0.39 is 15.9 Å². The molecule has 0 bridgehead atoms. The number of aryl methyl sites for hydroxylation is 2. The van der Waals surface area contributed by atoms with Crippen LogP contribution in [0.15, 0.2) is 35.7 Å². The van der Waals surface area contributed by atoms with Crippen molar-refractivity contribution in [3.63, 3.8) is 0 Å². The minimum absolute atomic E-state index is 0.0596. The van der Waals surface area contributed by atoms with Crippen molar-refractivity contribution in [3.05, 3.63) is 52.0 Å². The lowest BCUT2D eigenvalue weighted by molar-refractivity contribution is -0.126. The van der Waals surface area contributed by atoms with Crippen LogP contribution in [-0.4, -0.2) is 55.3 Å². The average molecular weight is 422 g/mol. The SMILES string of the molecule is Cc1csc(CCCCNC(=O)C(c2ccccc2)N2CCS(=O)(=O)CC2)n1. The van der Waals surface area contributed by atoms with Crippen molar-refractivity contribution in [1.29, 1.82) is 0 Å². The van der Waals surface area contributed by atoms with Gasteiger partial charge in [0, 0.05) is 30.7 Å². The first kappa shape index (κ1) is 21.0. The molecule has 1 fully saturated rings. The van der Waals surface area contributed by atoms with Gasteiger partial charge < -0.3 is 5.32 Å². The van der Waals surface area contributed by atoms with Crippen LogP contribution in [-0.2, 0) is 21.1 Å². The monoisotopic (exact) mass is 421 g/mol. The van der Waals surface area contributed by atoms with Gasteiger partial charge in [-0.15, -0.1) is 11.3 Å². The highest BCUT2D eigenvalue weighted by molar-refractivity contribution is 7.91. The Kier molecular flexibility index (Phi) is 7.20. The molecule has 3 rings (SSSR count). The van der Waals surface area contributed by atoms with Crippen molar-refractivity contribution >= 4 is 27.1 Å². The molecule has 8 heteroatoms. The summed E-state index contributed by atoms with van der Waals surface area (Å²) < 4.78 is 23.5. The maximum atomic E-state index is 12.9. The minimum atomic E-state index is -2.98. The van der Waals surface area contributed by atoms with Gasteiger partial charge in [-0.3, -0.25) is 9.69 Å². The van der Waals surface area contributed by atoms with E-state index in [-0.39, 0.29) is 17.4 Å². The quantitative estimate of drug-likeness (QED) is 0.662. The molecule has 1 unspecified atom stereocenters. The largest absolute Gasteiger partial charge is 0.354 e. The third kappa shape index (κ3) is 5.86. The number of sulfone groups is 1. The fourth-order valence-corrected chi connectivity index (χ4v) is 5.42. The minimum Gasteiger partial charge on any atom is -0.354 e. The van der Waals surface area contributed by atoms with Gasteiger partial charge >= 0.3 is 0 Å². The Morgan fingerprint density at radius 1 is 1.21 bits per heavy atom. The predicted octanol–water partition coefficient (Wildman–Crippen LogP) is 2.36. The van der Waals surface area contributed by atoms with Crippen LogP contribution in [0.1, 0.15) is 35.1 Å². The van der Waals surface area contributed by atoms with Crippen LogP contribution >= 0.6 is 11.3 Å². The summed E-state index contributed by atoms with van der Waals surface area (Å²) >= 11 is 1.68. The summed E-state index contributed by atoms with van der Waals surface area (Å²) in [5, 5.41) is 6.24. The molecule has 152 valence electrons. The highest BCUT2D eigenvalue weighted by Gasteiger charge is 2.32. The number of amides is 1. The van der Waals surface area contributed by atoms with Crippen LogP contribution in [0.4, 0.5) is 0 Å². The van der Waals surface area contributed by atoms with Crippen molar-refractivity contribution in [2.24, 2.45) is 0 Å². The number of nitrogens with one attached hydrogen (secondary N) is 1. The summed E-state index contributed by atoms with van der Waals surface area (Å²) in [5.74, 6) is 0.156. The van der Waals surface area contributed by atoms with Gasteiger partial charge in [0.2, 0.25) is 5.91 Å². The molecule has 1 aromatic carbocycles. The first-order chi connectivity index (χ1) is 13.4. The van der Waals surface area contributed by atoms with Crippen molar-refractivity contribution in [3.8, 4) is 0 Å². The van der Waals surface area contributed by atoms with Crippen molar-refractivity contribution in [2.45, 2.75) is 32.2 Å². The molecule has 0 radical (unpaired) electrons. The Balaban J connectivity index is 1.54. The van der Waals surface area contributed by atoms with Gasteiger partial charge in [-0.1, -0.05) is 30.3 Å². The van der Waals surface area contributed by atoms with Gasteiger partial charge in [-0.2, -0.15) is 0 Å². The van der Waals surface area contributed by atoms with E-state index in [1.807, 2.05) is 42.2 Å². The van der Waals surface area contributed by atoms with E-state index in [9.17, 15) is 13.2 Å². The van der Waals surface area contributed by atoms with Gasteiger partial charge in [0.25, 0.3) is 0 Å². The molecule has 1 aliphatic rings. The summed E-state index contributed by atoms with van der Waals surface area (Å²) in [6.07, 6.45) is 2.80. The summed E-state index contributed by atoms with van der Waals surface area (Å²) in [7, 11) is -2.98. The van der Waals surface area contributed by atoms with Crippen LogP contribution in [0.2, 0.25) is 0 Å². The smallest absolute Gasteiger partial charge is 0.241 e. The van der Waals surface area contributed by atoms with Crippen LogP contribution < -0.4 is 5.32 Å². The number of hydrogen-bond acceptors (Lipinski definition) is 6. The molecule has 1 N–H and O–H groups in total. The van der Waals surface area contributed by atoms with Crippen LogP contribution in [0, 0.1) is 6.92 Å². The van der Waals surface area contributed by atoms with Crippen LogP contribution in [0.5, 0.6) is 0 Å². The van der Waals surface area contributed by atoms with Gasteiger partial charge in [0.1, 0.15) is 6.04 Å². The van der Waals surface area contributed by atoms with E-state index in [1.165, 1.54) is 0 Å². The second kappa shape index (κ2) is 9.62. The van der Waals surface area contributed by atoms with Crippen LogP contribution in [0.25, 0.3) is 0 Å². The molecule has 0 spiro atoms. The summed E-state index contributed by atoms with van der Waals surface area (Å²) in [6, 6.07) is 9.15. The number of carbonyl (C=O) groups excluding carboxylic acids is 1. The normalized spacial score (nSPS) is 17.9. The molecular formula is C20H27N3O3S2. The Morgan fingerprint density at radius 3 is 2.57 bits per heavy atom. The maximum absolute atomic E-state index is 12.9. The van der Waals surface area contributed by atoms with E-state index in [1.54, 1.807) is 11.3 Å². The molecule has 1 aliphatic heterocycles. The second-order valence-corrected chi connectivity index (χ2v) is 10.4. The predicted molar refractivity (Wildman–Crippen MR) is 112 cm³/mol. The number of rotatable bonds is 8. The summed E-state index contributed by atoms with van der Waals surface area (Å²) in [5.41, 5.74) is 1.96. The van der Waals surface area contributed by atoms with E-state index in [4.69, 9.17) is 0 Å². The fourth-order valence-electron chi connectivity index (χ4n) is 3.38. The lowest BCUT2D eigenvalue weighted by Gasteiger charge is -2.33. The number of carbonyl (C=O) groups is 1. The molecule has 6 nitrogen and oxygen atoms in total.